The van der Waals surface area contributed by atoms with Gasteiger partial charge in [0.15, 0.2) is 11.6 Å². The molecule has 3 aromatic rings. The number of esters is 1. The first-order chi connectivity index (χ1) is 18.3. The molecular formula is C29H30F3N3O3S. The maximum Gasteiger partial charge on any atom is 0.426 e. The number of nitrogens with two attached hydrogens (primary N) is 1. The van der Waals surface area contributed by atoms with Gasteiger partial charge < -0.3 is 15.3 Å². The molecule has 0 atom stereocenters. The van der Waals surface area contributed by atoms with Crippen LogP contribution >= 0.6 is 11.3 Å². The summed E-state index contributed by atoms with van der Waals surface area (Å²) in [5, 5.41) is 3.88. The second kappa shape index (κ2) is 11.2. The fraction of sp³-hybridized carbons (Fsp3) is 0.310. The number of likely N-dealkylation sites (tertiary alicyclic amines) is 1. The number of carbonyl (C=O) groups excluding carboxylic acids is 1. The summed E-state index contributed by atoms with van der Waals surface area (Å²) in [6, 6.07) is 17.1. The average Bonchev–Trinajstić information content (AvgIpc) is 3.30. The summed E-state index contributed by atoms with van der Waals surface area (Å²) < 4.78 is 46.4. The third kappa shape index (κ3) is 7.27. The molecule has 10 heteroatoms. The average molecular weight is 558 g/mol. The van der Waals surface area contributed by atoms with E-state index >= 15 is 0 Å². The first-order valence-corrected chi connectivity index (χ1v) is 13.1. The molecule has 2 aromatic carbocycles. The highest BCUT2D eigenvalue weighted by Crippen LogP contribution is 2.44. The van der Waals surface area contributed by atoms with E-state index in [2.05, 4.69) is 16.6 Å². The highest BCUT2D eigenvalue weighted by Gasteiger charge is 2.37. The molecule has 1 saturated heterocycles. The Morgan fingerprint density at radius 3 is 2.33 bits per heavy atom. The van der Waals surface area contributed by atoms with E-state index in [4.69, 9.17) is 15.3 Å². The summed E-state index contributed by atoms with van der Waals surface area (Å²) in [6.45, 7) is 11.3. The number of hydrogen-bond donors (Lipinski definition) is 1. The van der Waals surface area contributed by atoms with Crippen LogP contribution in [0, 0.1) is 5.92 Å². The van der Waals surface area contributed by atoms with Gasteiger partial charge in [-0.15, -0.1) is 11.3 Å². The van der Waals surface area contributed by atoms with Crippen molar-refractivity contribution >= 4 is 28.9 Å². The summed E-state index contributed by atoms with van der Waals surface area (Å²) in [5.74, 6) is -0.263. The largest absolute Gasteiger partial charge is 0.460 e. The van der Waals surface area contributed by atoms with Gasteiger partial charge in [0.05, 0.1) is 10.8 Å². The number of rotatable bonds is 8. The van der Waals surface area contributed by atoms with Crippen LogP contribution in [0.2, 0.25) is 0 Å². The molecule has 0 saturated carbocycles. The molecule has 2 heterocycles. The fourth-order valence-electron chi connectivity index (χ4n) is 4.05. The number of alkyl halides is 3. The zero-order valence-corrected chi connectivity index (χ0v) is 22.7. The van der Waals surface area contributed by atoms with Gasteiger partial charge in [-0.3, -0.25) is 9.69 Å². The quantitative estimate of drug-likeness (QED) is 0.112. The van der Waals surface area contributed by atoms with E-state index < -0.39 is 16.7 Å². The van der Waals surface area contributed by atoms with Crippen molar-refractivity contribution < 1.29 is 27.5 Å². The fourth-order valence-corrected chi connectivity index (χ4v) is 5.00. The molecule has 6 nitrogen and oxygen atoms in total. The molecule has 0 unspecified atom stereocenters. The number of thiophene rings is 1. The normalized spacial score (nSPS) is 15.1. The molecule has 1 fully saturated rings. The van der Waals surface area contributed by atoms with Crippen LogP contribution in [0.15, 0.2) is 72.4 Å². The third-order valence-corrected chi connectivity index (χ3v) is 7.18. The van der Waals surface area contributed by atoms with E-state index in [-0.39, 0.29) is 33.9 Å². The molecular weight excluding hydrogens is 527 g/mol. The number of amidine groups is 1. The molecule has 206 valence electrons. The van der Waals surface area contributed by atoms with Gasteiger partial charge in [0.25, 0.3) is 0 Å². The van der Waals surface area contributed by atoms with Crippen molar-refractivity contribution in [3.8, 4) is 11.1 Å². The topological polar surface area (TPSA) is 77.2 Å². The number of hydrogen-bond acceptors (Lipinski definition) is 6. The maximum absolute atomic E-state index is 13.7. The predicted molar refractivity (Wildman–Crippen MR) is 147 cm³/mol. The molecule has 1 aliphatic heterocycles. The summed E-state index contributed by atoms with van der Waals surface area (Å²) in [4.78, 5) is 19.1. The van der Waals surface area contributed by atoms with Crippen LogP contribution in [-0.4, -0.2) is 35.4 Å². The zero-order valence-electron chi connectivity index (χ0n) is 21.9. The summed E-state index contributed by atoms with van der Waals surface area (Å²) in [7, 11) is 0. The Labute approximate surface area is 229 Å². The number of benzene rings is 2. The highest BCUT2D eigenvalue weighted by atomic mass is 32.1. The van der Waals surface area contributed by atoms with Gasteiger partial charge in [-0.05, 0) is 38.0 Å². The predicted octanol–water partition coefficient (Wildman–Crippen LogP) is 6.52. The number of nitrogens with zero attached hydrogens (tertiary/aromatic N) is 2. The smallest absolute Gasteiger partial charge is 0.426 e. The third-order valence-electron chi connectivity index (χ3n) is 5.96. The minimum absolute atomic E-state index is 0.0374. The van der Waals surface area contributed by atoms with Crippen molar-refractivity contribution in [2.45, 2.75) is 39.1 Å². The second-order valence-electron chi connectivity index (χ2n) is 10.3. The first-order valence-electron chi connectivity index (χ1n) is 12.3. The van der Waals surface area contributed by atoms with E-state index in [9.17, 15) is 18.0 Å². The molecule has 2 N–H and O–H groups in total. The molecule has 1 aromatic heterocycles. The van der Waals surface area contributed by atoms with Gasteiger partial charge in [-0.25, -0.2) is 0 Å². The summed E-state index contributed by atoms with van der Waals surface area (Å²) >= 11 is 0.543. The van der Waals surface area contributed by atoms with Crippen molar-refractivity contribution in [2.75, 3.05) is 13.1 Å². The Bertz CT molecular complexity index is 1350. The summed E-state index contributed by atoms with van der Waals surface area (Å²) in [6.07, 6.45) is -4.52. The molecule has 0 amide bonds. The van der Waals surface area contributed by atoms with Crippen LogP contribution in [0.4, 0.5) is 13.2 Å². The van der Waals surface area contributed by atoms with E-state index in [1.807, 2.05) is 32.9 Å². The molecule has 39 heavy (non-hydrogen) atoms. The lowest BCUT2D eigenvalue weighted by atomic mass is 9.98. The lowest BCUT2D eigenvalue weighted by molar-refractivity contribution is -0.166. The maximum atomic E-state index is 13.7. The van der Waals surface area contributed by atoms with Crippen molar-refractivity contribution in [1.82, 2.24) is 4.90 Å². The lowest BCUT2D eigenvalue weighted by Gasteiger charge is -2.38. The lowest BCUT2D eigenvalue weighted by Crippen LogP contribution is -2.51. The van der Waals surface area contributed by atoms with E-state index in [0.717, 1.165) is 5.56 Å². The minimum Gasteiger partial charge on any atom is -0.460 e. The summed E-state index contributed by atoms with van der Waals surface area (Å²) in [5.41, 5.74) is 7.69. The monoisotopic (exact) mass is 557 g/mol. The Balaban J connectivity index is 1.35. The van der Waals surface area contributed by atoms with Crippen molar-refractivity contribution in [2.24, 2.45) is 16.8 Å². The van der Waals surface area contributed by atoms with Gasteiger partial charge in [-0.1, -0.05) is 66.3 Å². The van der Waals surface area contributed by atoms with Crippen LogP contribution in [0.5, 0.6) is 0 Å². The van der Waals surface area contributed by atoms with Crippen LogP contribution < -0.4 is 5.73 Å². The highest BCUT2D eigenvalue weighted by molar-refractivity contribution is 7.13. The van der Waals surface area contributed by atoms with Gasteiger partial charge in [-0.2, -0.15) is 13.2 Å². The van der Waals surface area contributed by atoms with E-state index in [0.29, 0.717) is 42.1 Å². The Hall–Kier alpha value is -3.63. The number of oxime groups is 1. The zero-order chi connectivity index (χ0) is 28.4. The van der Waals surface area contributed by atoms with Crippen LogP contribution in [0.3, 0.4) is 0 Å². The van der Waals surface area contributed by atoms with E-state index in [1.54, 1.807) is 42.5 Å². The Morgan fingerprint density at radius 2 is 1.74 bits per heavy atom. The minimum atomic E-state index is -4.52. The molecule has 0 aliphatic carbocycles. The molecule has 0 spiro atoms. The first kappa shape index (κ1) is 28.4. The van der Waals surface area contributed by atoms with Crippen molar-refractivity contribution in [1.29, 1.82) is 0 Å². The van der Waals surface area contributed by atoms with Crippen molar-refractivity contribution in [3.63, 3.8) is 0 Å². The number of ether oxygens (including phenoxy) is 1. The second-order valence-corrected chi connectivity index (χ2v) is 11.4. The molecule has 0 radical (unpaired) electrons. The van der Waals surface area contributed by atoms with Crippen LogP contribution in [0.25, 0.3) is 16.9 Å². The Morgan fingerprint density at radius 1 is 1.10 bits per heavy atom. The van der Waals surface area contributed by atoms with Gasteiger partial charge in [0.1, 0.15) is 10.5 Å². The van der Waals surface area contributed by atoms with Crippen LogP contribution in [0.1, 0.15) is 41.7 Å². The number of halogens is 3. The van der Waals surface area contributed by atoms with Crippen LogP contribution in [-0.2, 0) is 27.1 Å². The standard InChI is InChI=1S/C29H30F3N3O3S/c1-18(24-14-23(20-8-6-5-7-9-20)25(39-24)29(30,31)32)38-34-26(33)21-12-10-19(11-13-21)15-35-16-22(17-35)27(36)37-28(2,3)4/h5-14,22H,1,15-17H2,2-4H3,(H2,33,34). The number of carbonyl (C=O) groups is 1. The molecule has 0 bridgehead atoms. The van der Waals surface area contributed by atoms with Gasteiger partial charge in [0.2, 0.25) is 0 Å². The Kier molecular flexibility index (Phi) is 8.17. The van der Waals surface area contributed by atoms with Gasteiger partial charge >= 0.3 is 12.1 Å². The van der Waals surface area contributed by atoms with Gasteiger partial charge in [0, 0.05) is 30.8 Å². The molecule has 1 aliphatic rings. The molecule has 4 rings (SSSR count). The van der Waals surface area contributed by atoms with Crippen molar-refractivity contribution in [3.05, 3.63) is 88.1 Å². The van der Waals surface area contributed by atoms with E-state index in [1.165, 1.54) is 6.07 Å². The SMILES string of the molecule is C=C(O/N=C(\N)c1ccc(CN2CC(C(=O)OC(C)(C)C)C2)cc1)c1cc(-c2ccccc2)c(C(F)(F)F)s1.